The summed E-state index contributed by atoms with van der Waals surface area (Å²) in [6.07, 6.45) is 0. The molecule has 4 nitrogen and oxygen atoms in total. The zero-order valence-electron chi connectivity index (χ0n) is 12.3. The highest BCUT2D eigenvalue weighted by Gasteiger charge is 2.19. The lowest BCUT2D eigenvalue weighted by Gasteiger charge is -2.19. The summed E-state index contributed by atoms with van der Waals surface area (Å²) >= 11 is 5.93. The molecule has 2 heterocycles. The monoisotopic (exact) mass is 325 g/mol. The fourth-order valence-corrected chi connectivity index (χ4v) is 2.86. The highest BCUT2D eigenvalue weighted by molar-refractivity contribution is 6.30. The van der Waals surface area contributed by atoms with Crippen LogP contribution in [-0.4, -0.2) is 12.3 Å². The van der Waals surface area contributed by atoms with Crippen molar-refractivity contribution in [2.45, 2.75) is 6.92 Å². The molecule has 0 amide bonds. The van der Waals surface area contributed by atoms with Gasteiger partial charge in [0.2, 0.25) is 0 Å². The third-order valence-electron chi connectivity index (χ3n) is 3.83. The highest BCUT2D eigenvalue weighted by atomic mass is 35.5. The number of fused-ring (bicyclic) bond motifs is 3. The largest absolute Gasteiger partial charge is 0.485 e. The Kier molecular flexibility index (Phi) is 3.20. The summed E-state index contributed by atoms with van der Waals surface area (Å²) in [6, 6.07) is 12.5. The van der Waals surface area contributed by atoms with E-state index in [9.17, 15) is 4.79 Å². The minimum Gasteiger partial charge on any atom is -0.485 e. The number of aryl methyl sites for hydroxylation is 1. The molecule has 0 N–H and O–H groups in total. The van der Waals surface area contributed by atoms with Crippen LogP contribution in [0, 0.1) is 6.92 Å². The molecule has 114 valence electrons. The molecular formula is C18H12ClNO3. The zero-order valence-corrected chi connectivity index (χ0v) is 13.1. The zero-order chi connectivity index (χ0) is 16.0. The molecule has 3 aromatic rings. The summed E-state index contributed by atoms with van der Waals surface area (Å²) in [6.45, 7) is 2.25. The van der Waals surface area contributed by atoms with Gasteiger partial charge < -0.3 is 9.15 Å². The van der Waals surface area contributed by atoms with Gasteiger partial charge in [0.15, 0.2) is 0 Å². The van der Waals surface area contributed by atoms with E-state index >= 15 is 0 Å². The molecule has 23 heavy (non-hydrogen) atoms. The Balaban J connectivity index is 1.95. The standard InChI is InChI=1S/C18H12ClNO3/c1-10-8-16(21)23-14-6-7-15-18(17(10)14)20-13(9-22-15)11-2-4-12(19)5-3-11/h2-8H,9H2,1H3. The molecule has 0 saturated carbocycles. The van der Waals surface area contributed by atoms with Crippen LogP contribution in [0.25, 0.3) is 11.0 Å². The van der Waals surface area contributed by atoms with E-state index in [1.807, 2.05) is 31.2 Å². The number of ether oxygens (including phenoxy) is 1. The predicted molar refractivity (Wildman–Crippen MR) is 90.4 cm³/mol. The number of hydrogen-bond donors (Lipinski definition) is 0. The van der Waals surface area contributed by atoms with Gasteiger partial charge in [-0.1, -0.05) is 23.7 Å². The smallest absolute Gasteiger partial charge is 0.336 e. The molecule has 0 atom stereocenters. The van der Waals surface area contributed by atoms with Crippen LogP contribution < -0.4 is 10.4 Å². The van der Waals surface area contributed by atoms with Gasteiger partial charge in [-0.05, 0) is 42.3 Å². The normalized spacial score (nSPS) is 13.4. The van der Waals surface area contributed by atoms with Gasteiger partial charge in [-0.3, -0.25) is 0 Å². The van der Waals surface area contributed by atoms with Gasteiger partial charge in [-0.2, -0.15) is 0 Å². The Labute approximate surface area is 137 Å². The first-order chi connectivity index (χ1) is 11.1. The molecule has 1 aliphatic rings. The van der Waals surface area contributed by atoms with Crippen molar-refractivity contribution in [3.63, 3.8) is 0 Å². The maximum absolute atomic E-state index is 11.5. The fraction of sp³-hybridized carbons (Fsp3) is 0.111. The molecule has 0 spiro atoms. The molecular weight excluding hydrogens is 314 g/mol. The number of nitrogens with zero attached hydrogens (tertiary/aromatic N) is 1. The van der Waals surface area contributed by atoms with E-state index in [1.54, 1.807) is 12.1 Å². The summed E-state index contributed by atoms with van der Waals surface area (Å²) in [5.41, 5.74) is 3.42. The molecule has 0 aliphatic carbocycles. The summed E-state index contributed by atoms with van der Waals surface area (Å²) < 4.78 is 11.1. The van der Waals surface area contributed by atoms with Crippen LogP contribution in [0.1, 0.15) is 11.1 Å². The van der Waals surface area contributed by atoms with Crippen LogP contribution in [0.15, 0.2) is 56.7 Å². The van der Waals surface area contributed by atoms with E-state index in [-0.39, 0.29) is 5.63 Å². The van der Waals surface area contributed by atoms with Crippen LogP contribution in [0.5, 0.6) is 5.75 Å². The molecule has 0 bridgehead atoms. The van der Waals surface area contributed by atoms with E-state index in [4.69, 9.17) is 25.7 Å². The van der Waals surface area contributed by atoms with Crippen molar-refractivity contribution >= 4 is 34.0 Å². The second kappa shape index (κ2) is 5.25. The second-order valence-corrected chi connectivity index (χ2v) is 5.82. The molecule has 1 aromatic heterocycles. The average molecular weight is 326 g/mol. The van der Waals surface area contributed by atoms with Crippen molar-refractivity contribution in [3.05, 3.63) is 69.0 Å². The van der Waals surface area contributed by atoms with Gasteiger partial charge in [0.1, 0.15) is 23.6 Å². The first-order valence-electron chi connectivity index (χ1n) is 7.15. The van der Waals surface area contributed by atoms with Crippen molar-refractivity contribution in [2.24, 2.45) is 4.99 Å². The summed E-state index contributed by atoms with van der Waals surface area (Å²) in [4.78, 5) is 16.3. The Morgan fingerprint density at radius 3 is 2.70 bits per heavy atom. The Morgan fingerprint density at radius 1 is 1.13 bits per heavy atom. The van der Waals surface area contributed by atoms with E-state index < -0.39 is 0 Å². The molecule has 0 radical (unpaired) electrons. The van der Waals surface area contributed by atoms with Gasteiger partial charge in [-0.25, -0.2) is 9.79 Å². The quantitative estimate of drug-likeness (QED) is 0.628. The van der Waals surface area contributed by atoms with E-state index in [0.717, 1.165) is 22.2 Å². The third-order valence-corrected chi connectivity index (χ3v) is 4.08. The van der Waals surface area contributed by atoms with E-state index in [0.29, 0.717) is 28.6 Å². The van der Waals surface area contributed by atoms with E-state index in [2.05, 4.69) is 0 Å². The highest BCUT2D eigenvalue weighted by Crippen LogP contribution is 2.39. The number of benzene rings is 2. The summed E-state index contributed by atoms with van der Waals surface area (Å²) in [7, 11) is 0. The minimum absolute atomic E-state index is 0.367. The molecule has 0 saturated heterocycles. The number of halogens is 1. The molecule has 2 aromatic carbocycles. The Bertz CT molecular complexity index is 1000. The predicted octanol–water partition coefficient (Wildman–Crippen LogP) is 4.27. The molecule has 0 unspecified atom stereocenters. The lowest BCUT2D eigenvalue weighted by molar-refractivity contribution is 0.373. The lowest BCUT2D eigenvalue weighted by atomic mass is 10.1. The van der Waals surface area contributed by atoms with Gasteiger partial charge in [0.25, 0.3) is 0 Å². The first-order valence-corrected chi connectivity index (χ1v) is 7.53. The van der Waals surface area contributed by atoms with Crippen LogP contribution in [0.2, 0.25) is 5.02 Å². The Hall–Kier alpha value is -2.59. The van der Waals surface area contributed by atoms with Crippen molar-refractivity contribution in [1.29, 1.82) is 0 Å². The van der Waals surface area contributed by atoms with Gasteiger partial charge in [-0.15, -0.1) is 0 Å². The number of aliphatic imine (C=N–C) groups is 1. The average Bonchev–Trinajstić information content (AvgIpc) is 2.54. The van der Waals surface area contributed by atoms with Gasteiger partial charge in [0, 0.05) is 11.1 Å². The van der Waals surface area contributed by atoms with Crippen molar-refractivity contribution in [3.8, 4) is 5.75 Å². The van der Waals surface area contributed by atoms with Gasteiger partial charge in [0.05, 0.1) is 11.1 Å². The van der Waals surface area contributed by atoms with Crippen molar-refractivity contribution in [1.82, 2.24) is 0 Å². The van der Waals surface area contributed by atoms with Gasteiger partial charge >= 0.3 is 5.63 Å². The molecule has 4 rings (SSSR count). The summed E-state index contributed by atoms with van der Waals surface area (Å²) in [5.74, 6) is 0.687. The van der Waals surface area contributed by atoms with Crippen LogP contribution >= 0.6 is 11.6 Å². The van der Waals surface area contributed by atoms with Crippen LogP contribution in [0.3, 0.4) is 0 Å². The Morgan fingerprint density at radius 2 is 1.91 bits per heavy atom. The number of hydrogen-bond acceptors (Lipinski definition) is 4. The maximum atomic E-state index is 11.5. The molecule has 5 heteroatoms. The summed E-state index contributed by atoms with van der Waals surface area (Å²) in [5, 5.41) is 1.47. The van der Waals surface area contributed by atoms with Crippen LogP contribution in [0.4, 0.5) is 5.69 Å². The lowest BCUT2D eigenvalue weighted by Crippen LogP contribution is -2.16. The number of rotatable bonds is 1. The SMILES string of the molecule is Cc1cc(=O)oc2ccc3c(c12)N=C(c1ccc(Cl)cc1)CO3. The molecule has 1 aliphatic heterocycles. The first kappa shape index (κ1) is 14.0. The molecule has 0 fully saturated rings. The third kappa shape index (κ3) is 2.41. The second-order valence-electron chi connectivity index (χ2n) is 5.39. The maximum Gasteiger partial charge on any atom is 0.336 e. The van der Waals surface area contributed by atoms with Crippen LogP contribution in [-0.2, 0) is 0 Å². The van der Waals surface area contributed by atoms with E-state index in [1.165, 1.54) is 6.07 Å². The topological polar surface area (TPSA) is 51.8 Å². The minimum atomic E-state index is -0.367. The van der Waals surface area contributed by atoms with Crippen molar-refractivity contribution in [2.75, 3.05) is 6.61 Å². The fourth-order valence-electron chi connectivity index (χ4n) is 2.74. The van der Waals surface area contributed by atoms with Crippen molar-refractivity contribution < 1.29 is 9.15 Å².